The third-order valence-electron chi connectivity index (χ3n) is 5.37. The zero-order valence-electron chi connectivity index (χ0n) is 17.9. The van der Waals surface area contributed by atoms with Gasteiger partial charge in [0.2, 0.25) is 5.91 Å². The van der Waals surface area contributed by atoms with Crippen LogP contribution in [-0.4, -0.2) is 77.4 Å². The van der Waals surface area contributed by atoms with E-state index in [0.717, 1.165) is 69.3 Å². The Morgan fingerprint density at radius 2 is 1.64 bits per heavy atom. The number of carbonyl (C=O) groups excluding carboxylic acids is 1. The molecule has 0 saturated carbocycles. The van der Waals surface area contributed by atoms with E-state index in [9.17, 15) is 18.0 Å². The molecule has 1 fully saturated rings. The highest BCUT2D eigenvalue weighted by Crippen LogP contribution is 2.24. The van der Waals surface area contributed by atoms with Crippen LogP contribution < -0.4 is 4.90 Å². The Balaban J connectivity index is 0.000000383. The lowest BCUT2D eigenvalue weighted by atomic mass is 10.1. The van der Waals surface area contributed by atoms with Crippen LogP contribution in [0.15, 0.2) is 36.7 Å². The smallest absolute Gasteiger partial charge is 0.475 e. The van der Waals surface area contributed by atoms with Crippen molar-refractivity contribution < 1.29 is 32.6 Å². The summed E-state index contributed by atoms with van der Waals surface area (Å²) in [4.78, 5) is 34.9. The highest BCUT2D eigenvalue weighted by molar-refractivity contribution is 5.79. The van der Waals surface area contributed by atoms with Crippen LogP contribution in [0.3, 0.4) is 0 Å². The van der Waals surface area contributed by atoms with Crippen molar-refractivity contribution in [1.82, 2.24) is 14.9 Å². The predicted octanol–water partition coefficient (Wildman–Crippen LogP) is 2.12. The van der Waals surface area contributed by atoms with Gasteiger partial charge in [0.25, 0.3) is 0 Å². The Hall–Kier alpha value is -3.21. The number of aromatic nitrogens is 2. The van der Waals surface area contributed by atoms with Gasteiger partial charge in [0.15, 0.2) is 0 Å². The molecule has 0 radical (unpaired) electrons. The minimum absolute atomic E-state index is 0.185. The van der Waals surface area contributed by atoms with E-state index in [1.165, 1.54) is 5.56 Å². The molecule has 0 aliphatic carbocycles. The highest BCUT2D eigenvalue weighted by atomic mass is 19.4. The van der Waals surface area contributed by atoms with E-state index in [4.69, 9.17) is 14.6 Å². The first kappa shape index (κ1) is 24.4. The number of aliphatic carboxylic acids is 1. The predicted molar refractivity (Wildman–Crippen MR) is 113 cm³/mol. The number of ether oxygens (including phenoxy) is 1. The standard InChI is InChI=1S/C20H24N4O2.C2HF3O2/c25-19(14-16-4-2-1-3-5-16)23-8-6-17-18(7-9-23)21-15-22-20(17)24-10-12-26-13-11-24;3-2(4,5)1(6)7/h1-5,15H,6-14H2;(H,6,7). The van der Waals surface area contributed by atoms with Gasteiger partial charge in [-0.25, -0.2) is 14.8 Å². The Bertz CT molecular complexity index is 950. The molecule has 1 saturated heterocycles. The maximum absolute atomic E-state index is 12.7. The van der Waals surface area contributed by atoms with E-state index in [1.54, 1.807) is 6.33 Å². The summed E-state index contributed by atoms with van der Waals surface area (Å²) in [6.45, 7) is 4.64. The van der Waals surface area contributed by atoms with E-state index >= 15 is 0 Å². The van der Waals surface area contributed by atoms with Gasteiger partial charge in [0.05, 0.1) is 25.3 Å². The van der Waals surface area contributed by atoms with Crippen LogP contribution in [0.25, 0.3) is 0 Å². The molecule has 4 rings (SSSR count). The van der Waals surface area contributed by atoms with E-state index < -0.39 is 12.1 Å². The second kappa shape index (κ2) is 11.1. The number of halogens is 3. The van der Waals surface area contributed by atoms with Crippen LogP contribution in [0.2, 0.25) is 0 Å². The molecule has 2 aliphatic heterocycles. The highest BCUT2D eigenvalue weighted by Gasteiger charge is 2.38. The van der Waals surface area contributed by atoms with Crippen molar-refractivity contribution >= 4 is 17.7 Å². The van der Waals surface area contributed by atoms with Crippen LogP contribution in [0.1, 0.15) is 16.8 Å². The molecule has 3 heterocycles. The third kappa shape index (κ3) is 6.88. The van der Waals surface area contributed by atoms with Crippen LogP contribution in [-0.2, 0) is 33.6 Å². The Labute approximate surface area is 189 Å². The lowest BCUT2D eigenvalue weighted by Gasteiger charge is -2.29. The number of carboxylic acids is 1. The zero-order valence-corrected chi connectivity index (χ0v) is 17.9. The molecule has 0 spiro atoms. The Morgan fingerprint density at radius 3 is 2.27 bits per heavy atom. The van der Waals surface area contributed by atoms with Gasteiger partial charge < -0.3 is 19.6 Å². The molecule has 33 heavy (non-hydrogen) atoms. The molecule has 0 atom stereocenters. The molecule has 11 heteroatoms. The van der Waals surface area contributed by atoms with Gasteiger partial charge in [-0.1, -0.05) is 30.3 Å². The van der Waals surface area contributed by atoms with Crippen molar-refractivity contribution in [3.8, 4) is 0 Å². The molecule has 0 bridgehead atoms. The fraction of sp³-hybridized carbons (Fsp3) is 0.455. The van der Waals surface area contributed by atoms with Crippen molar-refractivity contribution in [3.63, 3.8) is 0 Å². The molecular weight excluding hydrogens is 441 g/mol. The molecule has 1 aromatic heterocycles. The van der Waals surface area contributed by atoms with Gasteiger partial charge >= 0.3 is 12.1 Å². The molecule has 2 aromatic rings. The monoisotopic (exact) mass is 466 g/mol. The number of alkyl halides is 3. The first-order valence-corrected chi connectivity index (χ1v) is 10.5. The van der Waals surface area contributed by atoms with E-state index in [2.05, 4.69) is 14.9 Å². The van der Waals surface area contributed by atoms with Crippen molar-refractivity contribution in [3.05, 3.63) is 53.5 Å². The normalized spacial score (nSPS) is 16.2. The minimum atomic E-state index is -5.08. The summed E-state index contributed by atoms with van der Waals surface area (Å²) in [7, 11) is 0. The lowest BCUT2D eigenvalue weighted by molar-refractivity contribution is -0.192. The largest absolute Gasteiger partial charge is 0.490 e. The number of morpholine rings is 1. The SMILES string of the molecule is O=C(Cc1ccccc1)N1CCc2ncnc(N3CCOCC3)c2CC1.O=C(O)C(F)(F)F. The lowest BCUT2D eigenvalue weighted by Crippen LogP contribution is -2.37. The average molecular weight is 466 g/mol. The molecule has 1 amide bonds. The summed E-state index contributed by atoms with van der Waals surface area (Å²) in [5, 5.41) is 7.12. The molecule has 0 unspecified atom stereocenters. The number of anilines is 1. The number of amides is 1. The number of nitrogens with zero attached hydrogens (tertiary/aromatic N) is 4. The van der Waals surface area contributed by atoms with Crippen LogP contribution >= 0.6 is 0 Å². The van der Waals surface area contributed by atoms with Crippen LogP contribution in [0.5, 0.6) is 0 Å². The second-order valence-corrected chi connectivity index (χ2v) is 7.57. The van der Waals surface area contributed by atoms with E-state index in [-0.39, 0.29) is 5.91 Å². The number of fused-ring (bicyclic) bond motifs is 1. The fourth-order valence-electron chi connectivity index (χ4n) is 3.69. The zero-order chi connectivity index (χ0) is 23.8. The first-order chi connectivity index (χ1) is 15.8. The van der Waals surface area contributed by atoms with E-state index in [0.29, 0.717) is 6.42 Å². The summed E-state index contributed by atoms with van der Waals surface area (Å²) in [6, 6.07) is 9.94. The van der Waals surface area contributed by atoms with Gasteiger partial charge in [0, 0.05) is 38.2 Å². The molecular formula is C22H25F3N4O4. The molecule has 8 nitrogen and oxygen atoms in total. The molecule has 2 aliphatic rings. The molecule has 1 aromatic carbocycles. The van der Waals surface area contributed by atoms with E-state index in [1.807, 2.05) is 35.2 Å². The third-order valence-corrected chi connectivity index (χ3v) is 5.37. The number of hydrogen-bond acceptors (Lipinski definition) is 6. The average Bonchev–Trinajstić information content (AvgIpc) is 3.03. The van der Waals surface area contributed by atoms with Crippen LogP contribution in [0.4, 0.5) is 19.0 Å². The maximum Gasteiger partial charge on any atom is 0.490 e. The fourth-order valence-corrected chi connectivity index (χ4v) is 3.69. The van der Waals surface area contributed by atoms with Gasteiger partial charge in [0.1, 0.15) is 12.1 Å². The number of carbonyl (C=O) groups is 2. The summed E-state index contributed by atoms with van der Waals surface area (Å²) >= 11 is 0. The van der Waals surface area contributed by atoms with Crippen molar-refractivity contribution in [1.29, 1.82) is 0 Å². The van der Waals surface area contributed by atoms with Crippen LogP contribution in [0, 0.1) is 0 Å². The maximum atomic E-state index is 12.7. The number of carboxylic acid groups (broad SMARTS) is 1. The first-order valence-electron chi connectivity index (χ1n) is 10.5. The van der Waals surface area contributed by atoms with Gasteiger partial charge in [-0.3, -0.25) is 4.79 Å². The molecule has 178 valence electrons. The quantitative estimate of drug-likeness (QED) is 0.740. The van der Waals surface area contributed by atoms with Gasteiger partial charge in [-0.15, -0.1) is 0 Å². The van der Waals surface area contributed by atoms with Gasteiger partial charge in [-0.05, 0) is 12.0 Å². The number of rotatable bonds is 3. The second-order valence-electron chi connectivity index (χ2n) is 7.57. The summed E-state index contributed by atoms with van der Waals surface area (Å²) < 4.78 is 37.2. The number of benzene rings is 1. The summed E-state index contributed by atoms with van der Waals surface area (Å²) in [6.07, 6.45) is -1.37. The van der Waals surface area contributed by atoms with Crippen molar-refractivity contribution in [2.24, 2.45) is 0 Å². The van der Waals surface area contributed by atoms with Crippen molar-refractivity contribution in [2.45, 2.75) is 25.4 Å². The minimum Gasteiger partial charge on any atom is -0.475 e. The van der Waals surface area contributed by atoms with Crippen molar-refractivity contribution in [2.75, 3.05) is 44.3 Å². The number of hydrogen-bond donors (Lipinski definition) is 1. The summed E-state index contributed by atoms with van der Waals surface area (Å²) in [5.41, 5.74) is 3.34. The summed E-state index contributed by atoms with van der Waals surface area (Å²) in [5.74, 6) is -1.55. The molecule has 1 N–H and O–H groups in total. The van der Waals surface area contributed by atoms with Gasteiger partial charge in [-0.2, -0.15) is 13.2 Å². The topological polar surface area (TPSA) is 95.9 Å². The Kier molecular flexibility index (Phi) is 8.21. The Morgan fingerprint density at radius 1 is 1.00 bits per heavy atom.